The van der Waals surface area contributed by atoms with E-state index in [1.165, 1.54) is 5.39 Å². The van der Waals surface area contributed by atoms with Gasteiger partial charge in [-0.15, -0.1) is 23.8 Å². The van der Waals surface area contributed by atoms with Gasteiger partial charge in [0.2, 0.25) is 0 Å². The molecule has 1 aromatic heterocycles. The van der Waals surface area contributed by atoms with Crippen molar-refractivity contribution < 1.29 is 29.6 Å². The predicted octanol–water partition coefficient (Wildman–Crippen LogP) is -1.03. The minimum atomic E-state index is 0. The Balaban J connectivity index is 0.000000500. The van der Waals surface area contributed by atoms with Crippen LogP contribution in [0.1, 0.15) is 0 Å². The summed E-state index contributed by atoms with van der Waals surface area (Å²) in [6.07, 6.45) is 2.91. The number of hydrogen-bond acceptors (Lipinski definition) is 0. The predicted molar refractivity (Wildman–Crippen MR) is 37.1 cm³/mol. The zero-order valence-electron chi connectivity index (χ0n) is 5.89. The van der Waals surface area contributed by atoms with Crippen LogP contribution in [0.25, 0.3) is 10.9 Å². The first kappa shape index (κ1) is 7.86. The summed E-state index contributed by atoms with van der Waals surface area (Å²) in [7, 11) is 0. The molecule has 1 N–H and O–H groups in total. The summed E-state index contributed by atoms with van der Waals surface area (Å²) >= 11 is 0. The van der Waals surface area contributed by atoms with Gasteiger partial charge in [0.15, 0.2) is 0 Å². The van der Waals surface area contributed by atoms with Crippen molar-refractivity contribution in [2.45, 2.75) is 0 Å². The first-order valence-electron chi connectivity index (χ1n) is 2.90. The monoisotopic (exact) mass is 139 g/mol. The summed E-state index contributed by atoms with van der Waals surface area (Å²) in [4.78, 5) is 2.99. The zero-order valence-corrected chi connectivity index (χ0v) is 7.89. The normalized spacial score (nSPS) is 9.20. The zero-order chi connectivity index (χ0) is 6.10. The number of aromatic amines is 1. The Morgan fingerprint density at radius 3 is 2.80 bits per heavy atom. The van der Waals surface area contributed by atoms with Gasteiger partial charge in [-0.05, 0) is 0 Å². The van der Waals surface area contributed by atoms with Crippen LogP contribution < -0.4 is 29.6 Å². The molecule has 0 aliphatic heterocycles. The number of hydrogen-bond donors (Lipinski definition) is 1. The molecule has 0 bridgehead atoms. The molecular weight excluding hydrogens is 133 g/mol. The first-order chi connectivity index (χ1) is 4.47. The minimum Gasteiger partial charge on any atom is -0.477 e. The summed E-state index contributed by atoms with van der Waals surface area (Å²) < 4.78 is 0. The smallest absolute Gasteiger partial charge is 0.477 e. The van der Waals surface area contributed by atoms with Crippen molar-refractivity contribution in [2.24, 2.45) is 0 Å². The van der Waals surface area contributed by atoms with Gasteiger partial charge in [0.05, 0.1) is 0 Å². The van der Waals surface area contributed by atoms with Crippen LogP contribution in [-0.2, 0) is 0 Å². The van der Waals surface area contributed by atoms with Crippen LogP contribution in [0.5, 0.6) is 0 Å². The molecule has 2 heteroatoms. The molecule has 0 aliphatic carbocycles. The molecule has 0 saturated heterocycles. The number of H-pyrrole nitrogens is 1. The number of nitrogens with one attached hydrogen (secondary N) is 1. The fraction of sp³-hybridized carbons (Fsp3) is 0. The third-order valence-corrected chi connectivity index (χ3v) is 1.40. The van der Waals surface area contributed by atoms with Crippen LogP contribution in [0.2, 0.25) is 0 Å². The molecule has 0 spiro atoms. The molecule has 0 fully saturated rings. The molecule has 44 valence electrons. The summed E-state index contributed by atoms with van der Waals surface area (Å²) in [5.74, 6) is 0. The maximum absolute atomic E-state index is 2.99. The number of para-hydroxylation sites is 1. The Hall–Kier alpha value is -0.240. The van der Waals surface area contributed by atoms with E-state index in [9.17, 15) is 0 Å². The summed E-state index contributed by atoms with van der Waals surface area (Å²) in [6.45, 7) is 0. The molecule has 0 atom stereocenters. The molecular formula is C8H6NNa. The van der Waals surface area contributed by atoms with E-state index in [2.05, 4.69) is 17.2 Å². The van der Waals surface area contributed by atoms with Gasteiger partial charge in [-0.25, -0.2) is 0 Å². The second-order valence-corrected chi connectivity index (χ2v) is 2.00. The molecule has 0 amide bonds. The van der Waals surface area contributed by atoms with Crippen molar-refractivity contribution in [3.63, 3.8) is 0 Å². The van der Waals surface area contributed by atoms with E-state index in [0.717, 1.165) is 5.52 Å². The van der Waals surface area contributed by atoms with Gasteiger partial charge in [0, 0.05) is 0 Å². The van der Waals surface area contributed by atoms with Gasteiger partial charge >= 0.3 is 29.6 Å². The van der Waals surface area contributed by atoms with E-state index < -0.39 is 0 Å². The van der Waals surface area contributed by atoms with E-state index >= 15 is 0 Å². The third-order valence-electron chi connectivity index (χ3n) is 1.40. The third kappa shape index (κ3) is 1.26. The van der Waals surface area contributed by atoms with E-state index in [4.69, 9.17) is 0 Å². The average Bonchev–Trinajstić information content (AvgIpc) is 2.33. The Bertz CT molecular complexity index is 283. The van der Waals surface area contributed by atoms with E-state index in [-0.39, 0.29) is 29.6 Å². The molecule has 0 saturated carbocycles. The molecule has 2 rings (SSSR count). The Labute approximate surface area is 81.7 Å². The summed E-state index contributed by atoms with van der Waals surface area (Å²) in [6, 6.07) is 10.1. The van der Waals surface area contributed by atoms with Crippen molar-refractivity contribution in [3.05, 3.63) is 36.5 Å². The van der Waals surface area contributed by atoms with Crippen LogP contribution in [0.3, 0.4) is 0 Å². The fourth-order valence-corrected chi connectivity index (χ4v) is 0.928. The van der Waals surface area contributed by atoms with Gasteiger partial charge in [-0.3, -0.25) is 0 Å². The topological polar surface area (TPSA) is 15.8 Å². The van der Waals surface area contributed by atoms with Crippen LogP contribution in [0, 0.1) is 6.20 Å². The summed E-state index contributed by atoms with van der Waals surface area (Å²) in [5, 5.41) is 1.22. The average molecular weight is 139 g/mol. The van der Waals surface area contributed by atoms with E-state index in [0.29, 0.717) is 0 Å². The van der Waals surface area contributed by atoms with Crippen LogP contribution in [0.15, 0.2) is 30.3 Å². The van der Waals surface area contributed by atoms with Crippen molar-refractivity contribution in [1.29, 1.82) is 0 Å². The van der Waals surface area contributed by atoms with Crippen molar-refractivity contribution >= 4 is 10.9 Å². The van der Waals surface area contributed by atoms with Crippen molar-refractivity contribution in [3.8, 4) is 0 Å². The van der Waals surface area contributed by atoms with Gasteiger partial charge in [0.1, 0.15) is 0 Å². The number of fused-ring (bicyclic) bond motifs is 1. The molecule has 1 nitrogen and oxygen atoms in total. The number of benzene rings is 1. The number of aromatic nitrogens is 1. The molecule has 0 radical (unpaired) electrons. The molecule has 2 aromatic rings. The second kappa shape index (κ2) is 3.24. The molecule has 0 unspecified atom stereocenters. The SMILES string of the molecule is [Na+].[c-]1cc2ccccc2[nH]1. The van der Waals surface area contributed by atoms with E-state index in [1.54, 1.807) is 0 Å². The Morgan fingerprint density at radius 2 is 2.00 bits per heavy atom. The minimum absolute atomic E-state index is 0. The van der Waals surface area contributed by atoms with Gasteiger partial charge in [-0.1, -0.05) is 12.1 Å². The maximum atomic E-state index is 2.99. The Kier molecular flexibility index (Phi) is 2.55. The summed E-state index contributed by atoms with van der Waals surface area (Å²) in [5.41, 5.74) is 1.15. The quantitative estimate of drug-likeness (QED) is 0.355. The molecule has 1 heterocycles. The maximum Gasteiger partial charge on any atom is 1.00 e. The van der Waals surface area contributed by atoms with Gasteiger partial charge < -0.3 is 4.98 Å². The first-order valence-corrected chi connectivity index (χ1v) is 2.90. The van der Waals surface area contributed by atoms with Gasteiger partial charge in [-0.2, -0.15) is 11.5 Å². The molecule has 1 aromatic carbocycles. The van der Waals surface area contributed by atoms with Gasteiger partial charge in [0.25, 0.3) is 0 Å². The van der Waals surface area contributed by atoms with Crippen LogP contribution >= 0.6 is 0 Å². The molecule has 0 aliphatic rings. The largest absolute Gasteiger partial charge is 1.00 e. The number of rotatable bonds is 0. The van der Waals surface area contributed by atoms with E-state index in [1.807, 2.05) is 24.3 Å². The van der Waals surface area contributed by atoms with Crippen molar-refractivity contribution in [2.75, 3.05) is 0 Å². The van der Waals surface area contributed by atoms with Crippen LogP contribution in [0.4, 0.5) is 0 Å². The Morgan fingerprint density at radius 1 is 1.20 bits per heavy atom. The van der Waals surface area contributed by atoms with Crippen molar-refractivity contribution in [1.82, 2.24) is 4.98 Å². The standard InChI is InChI=1S/C8H6N.Na/c1-2-4-8-7(3-1)5-6-9-8;/h1-5,9H;/q-1;+1. The fourth-order valence-electron chi connectivity index (χ4n) is 0.928. The second-order valence-electron chi connectivity index (χ2n) is 2.00. The van der Waals surface area contributed by atoms with Crippen LogP contribution in [-0.4, -0.2) is 4.98 Å². The molecule has 10 heavy (non-hydrogen) atoms.